The highest BCUT2D eigenvalue weighted by molar-refractivity contribution is 5.32. The van der Waals surface area contributed by atoms with E-state index in [0.29, 0.717) is 0 Å². The lowest BCUT2D eigenvalue weighted by Gasteiger charge is -2.41. The summed E-state index contributed by atoms with van der Waals surface area (Å²) in [6.45, 7) is 8.04. The molecule has 0 spiro atoms. The molecule has 0 saturated heterocycles. The predicted octanol–water partition coefficient (Wildman–Crippen LogP) is 4.91. The molecule has 0 amide bonds. The monoisotopic (exact) mass is 285 g/mol. The average molecular weight is 285 g/mol. The van der Waals surface area contributed by atoms with Gasteiger partial charge >= 0.3 is 0 Å². The molecule has 1 N–H and O–H groups in total. The van der Waals surface area contributed by atoms with Gasteiger partial charge < -0.3 is 5.32 Å². The highest BCUT2D eigenvalue weighted by Crippen LogP contribution is 2.44. The second kappa shape index (κ2) is 6.12. The van der Waals surface area contributed by atoms with Crippen LogP contribution < -0.4 is 5.32 Å². The minimum Gasteiger partial charge on any atom is -0.312 e. The topological polar surface area (TPSA) is 12.0 Å². The van der Waals surface area contributed by atoms with E-state index in [4.69, 9.17) is 0 Å². The van der Waals surface area contributed by atoms with Crippen molar-refractivity contribution in [3.8, 4) is 0 Å². The summed E-state index contributed by atoms with van der Waals surface area (Å²) in [6, 6.07) is 9.18. The van der Waals surface area contributed by atoms with Crippen LogP contribution in [-0.2, 0) is 6.42 Å². The van der Waals surface area contributed by atoms with Crippen molar-refractivity contribution in [3.05, 3.63) is 35.4 Å². The predicted molar refractivity (Wildman–Crippen MR) is 90.7 cm³/mol. The molecule has 1 nitrogen and oxygen atoms in total. The van der Waals surface area contributed by atoms with Crippen LogP contribution in [0, 0.1) is 11.8 Å². The van der Waals surface area contributed by atoms with Crippen LogP contribution in [0.1, 0.15) is 69.9 Å². The van der Waals surface area contributed by atoms with Gasteiger partial charge in [0, 0.05) is 5.54 Å². The van der Waals surface area contributed by atoms with Gasteiger partial charge in [-0.15, -0.1) is 0 Å². The molecule has 0 aliphatic heterocycles. The van der Waals surface area contributed by atoms with Crippen LogP contribution in [0.3, 0.4) is 0 Å². The van der Waals surface area contributed by atoms with E-state index in [0.717, 1.165) is 17.8 Å². The molecule has 116 valence electrons. The molecule has 2 aliphatic carbocycles. The second-order valence-electron chi connectivity index (χ2n) is 8.25. The summed E-state index contributed by atoms with van der Waals surface area (Å²) in [4.78, 5) is 0. The smallest absolute Gasteiger partial charge is 0.00966 e. The van der Waals surface area contributed by atoms with Gasteiger partial charge in [-0.05, 0) is 94.7 Å². The molecule has 0 heterocycles. The Hall–Kier alpha value is -0.820. The van der Waals surface area contributed by atoms with E-state index < -0.39 is 0 Å². The molecular formula is C20H31N. The fourth-order valence-corrected chi connectivity index (χ4v) is 4.12. The van der Waals surface area contributed by atoms with Gasteiger partial charge in [0.2, 0.25) is 0 Å². The maximum Gasteiger partial charge on any atom is 0.00966 e. The minimum absolute atomic E-state index is 0.261. The first-order chi connectivity index (χ1) is 10.0. The number of rotatable bonds is 4. The summed E-state index contributed by atoms with van der Waals surface area (Å²) in [6.07, 6.45) is 8.41. The Balaban J connectivity index is 1.58. The van der Waals surface area contributed by atoms with E-state index in [9.17, 15) is 0 Å². The Kier molecular flexibility index (Phi) is 4.40. The molecule has 21 heavy (non-hydrogen) atoms. The van der Waals surface area contributed by atoms with Crippen LogP contribution in [0.4, 0.5) is 0 Å². The number of hydrogen-bond donors (Lipinski definition) is 1. The summed E-state index contributed by atoms with van der Waals surface area (Å²) in [5, 5.41) is 3.71. The minimum atomic E-state index is 0.261. The van der Waals surface area contributed by atoms with E-state index in [1.54, 1.807) is 11.1 Å². The highest BCUT2D eigenvalue weighted by atomic mass is 14.9. The van der Waals surface area contributed by atoms with Gasteiger partial charge in [-0.25, -0.2) is 0 Å². The van der Waals surface area contributed by atoms with Crippen molar-refractivity contribution in [2.24, 2.45) is 11.8 Å². The van der Waals surface area contributed by atoms with Crippen LogP contribution >= 0.6 is 0 Å². The number of benzene rings is 1. The third-order valence-electron chi connectivity index (χ3n) is 5.55. The van der Waals surface area contributed by atoms with Crippen LogP contribution in [0.15, 0.2) is 24.3 Å². The van der Waals surface area contributed by atoms with Gasteiger partial charge in [-0.2, -0.15) is 0 Å². The van der Waals surface area contributed by atoms with Crippen molar-refractivity contribution in [1.82, 2.24) is 5.32 Å². The summed E-state index contributed by atoms with van der Waals surface area (Å²) in [7, 11) is 0. The maximum atomic E-state index is 3.71. The Morgan fingerprint density at radius 2 is 1.81 bits per heavy atom. The average Bonchev–Trinajstić information content (AvgIpc) is 2.42. The Morgan fingerprint density at radius 1 is 1.05 bits per heavy atom. The Labute approximate surface area is 130 Å². The van der Waals surface area contributed by atoms with Gasteiger partial charge in [0.05, 0.1) is 0 Å². The van der Waals surface area contributed by atoms with Gasteiger partial charge in [-0.1, -0.05) is 24.3 Å². The van der Waals surface area contributed by atoms with Gasteiger partial charge in [0.1, 0.15) is 0 Å². The van der Waals surface area contributed by atoms with Crippen molar-refractivity contribution >= 4 is 0 Å². The SMILES string of the molecule is CC(C)(C)NCC1CCC1CC1CCCc2ccccc21. The van der Waals surface area contributed by atoms with Crippen LogP contribution in [0.5, 0.6) is 0 Å². The molecule has 0 radical (unpaired) electrons. The zero-order valence-corrected chi connectivity index (χ0v) is 14.0. The van der Waals surface area contributed by atoms with Crippen LogP contribution in [0.25, 0.3) is 0 Å². The lowest BCUT2D eigenvalue weighted by atomic mass is 9.66. The molecule has 3 atom stereocenters. The lowest BCUT2D eigenvalue weighted by Crippen LogP contribution is -2.44. The van der Waals surface area contributed by atoms with Crippen molar-refractivity contribution < 1.29 is 0 Å². The highest BCUT2D eigenvalue weighted by Gasteiger charge is 2.34. The van der Waals surface area contributed by atoms with Crippen LogP contribution in [0.2, 0.25) is 0 Å². The molecule has 2 aliphatic rings. The van der Waals surface area contributed by atoms with Gasteiger partial charge in [0.15, 0.2) is 0 Å². The maximum absolute atomic E-state index is 3.71. The largest absolute Gasteiger partial charge is 0.312 e. The van der Waals surface area contributed by atoms with Crippen LogP contribution in [-0.4, -0.2) is 12.1 Å². The first-order valence-electron chi connectivity index (χ1n) is 8.86. The normalized spacial score (nSPS) is 28.8. The summed E-state index contributed by atoms with van der Waals surface area (Å²) >= 11 is 0. The number of aryl methyl sites for hydroxylation is 1. The van der Waals surface area contributed by atoms with Gasteiger partial charge in [0.25, 0.3) is 0 Å². The number of hydrogen-bond acceptors (Lipinski definition) is 1. The van der Waals surface area contributed by atoms with E-state index in [2.05, 4.69) is 50.4 Å². The molecule has 3 rings (SSSR count). The molecule has 0 aromatic heterocycles. The standard InChI is InChI=1S/C20H31N/c1-20(2,3)21-14-18-12-11-16(18)13-17-9-6-8-15-7-4-5-10-19(15)17/h4-5,7,10,16-18,21H,6,8-9,11-14H2,1-3H3. The molecule has 3 unspecified atom stereocenters. The molecule has 1 heteroatoms. The molecule has 1 fully saturated rings. The molecule has 1 saturated carbocycles. The zero-order chi connectivity index (χ0) is 14.9. The molecular weight excluding hydrogens is 254 g/mol. The fourth-order valence-electron chi connectivity index (χ4n) is 4.12. The molecule has 1 aromatic carbocycles. The second-order valence-corrected chi connectivity index (χ2v) is 8.25. The summed E-state index contributed by atoms with van der Waals surface area (Å²) < 4.78 is 0. The first-order valence-corrected chi connectivity index (χ1v) is 8.86. The summed E-state index contributed by atoms with van der Waals surface area (Å²) in [5.41, 5.74) is 3.55. The van der Waals surface area contributed by atoms with Crippen molar-refractivity contribution in [2.75, 3.05) is 6.54 Å². The number of nitrogens with one attached hydrogen (secondary N) is 1. The third-order valence-corrected chi connectivity index (χ3v) is 5.55. The van der Waals surface area contributed by atoms with E-state index >= 15 is 0 Å². The Bertz CT molecular complexity index is 471. The van der Waals surface area contributed by atoms with Crippen molar-refractivity contribution in [2.45, 2.75) is 70.8 Å². The van der Waals surface area contributed by atoms with Crippen molar-refractivity contribution in [3.63, 3.8) is 0 Å². The van der Waals surface area contributed by atoms with E-state index in [-0.39, 0.29) is 5.54 Å². The lowest BCUT2D eigenvalue weighted by molar-refractivity contribution is 0.138. The fraction of sp³-hybridized carbons (Fsp3) is 0.700. The molecule has 1 aromatic rings. The molecule has 0 bridgehead atoms. The number of fused-ring (bicyclic) bond motifs is 1. The summed E-state index contributed by atoms with van der Waals surface area (Å²) in [5.74, 6) is 2.70. The zero-order valence-electron chi connectivity index (χ0n) is 14.0. The quantitative estimate of drug-likeness (QED) is 0.828. The van der Waals surface area contributed by atoms with E-state index in [1.807, 2.05) is 0 Å². The van der Waals surface area contributed by atoms with Gasteiger partial charge in [-0.3, -0.25) is 0 Å². The Morgan fingerprint density at radius 3 is 2.52 bits per heavy atom. The third kappa shape index (κ3) is 3.69. The van der Waals surface area contributed by atoms with E-state index in [1.165, 1.54) is 45.1 Å². The van der Waals surface area contributed by atoms with Crippen molar-refractivity contribution in [1.29, 1.82) is 0 Å². The first kappa shape index (κ1) is 15.1.